The fourth-order valence-corrected chi connectivity index (χ4v) is 3.31. The number of hydrogen-bond donors (Lipinski definition) is 0. The highest BCUT2D eigenvalue weighted by atomic mass is 35.5. The van der Waals surface area contributed by atoms with E-state index in [1.807, 2.05) is 31.2 Å². The molecule has 2 aromatic carbocycles. The number of benzene rings is 2. The summed E-state index contributed by atoms with van der Waals surface area (Å²) < 4.78 is 12.1. The molecule has 0 aromatic heterocycles. The summed E-state index contributed by atoms with van der Waals surface area (Å²) >= 11 is 5.85. The van der Waals surface area contributed by atoms with Gasteiger partial charge in [0.15, 0.2) is 5.78 Å². The lowest BCUT2D eigenvalue weighted by Crippen LogP contribution is -2.12. The molecule has 0 saturated carbocycles. The molecule has 4 heteroatoms. The fraction of sp³-hybridized carbons (Fsp3) is 0.188. The molecular weight excluding hydrogens is 292 g/mol. The van der Waals surface area contributed by atoms with Crippen molar-refractivity contribution in [3.8, 4) is 0 Å². The first kappa shape index (κ1) is 14.9. The molecule has 0 radical (unpaired) electrons. The zero-order valence-corrected chi connectivity index (χ0v) is 12.7. The molecule has 2 rings (SSSR count). The molecule has 0 amide bonds. The third-order valence-corrected chi connectivity index (χ3v) is 4.47. The molecule has 0 saturated heterocycles. The Bertz CT molecular complexity index is 652. The lowest BCUT2D eigenvalue weighted by atomic mass is 10.1. The quantitative estimate of drug-likeness (QED) is 0.788. The largest absolute Gasteiger partial charge is 0.293 e. The smallest absolute Gasteiger partial charge is 0.175 e. The molecule has 0 bridgehead atoms. The molecular formula is C16H15ClO2S. The monoisotopic (exact) mass is 306 g/mol. The van der Waals surface area contributed by atoms with Gasteiger partial charge in [-0.1, -0.05) is 48.0 Å². The Kier molecular flexibility index (Phi) is 5.10. The van der Waals surface area contributed by atoms with E-state index < -0.39 is 10.8 Å². The molecule has 0 spiro atoms. The minimum absolute atomic E-state index is 0.0225. The average Bonchev–Trinajstić information content (AvgIpc) is 2.41. The summed E-state index contributed by atoms with van der Waals surface area (Å²) in [7, 11) is -1.21. The molecule has 0 heterocycles. The van der Waals surface area contributed by atoms with Crippen LogP contribution in [0.15, 0.2) is 48.5 Å². The van der Waals surface area contributed by atoms with Crippen LogP contribution in [0.5, 0.6) is 0 Å². The average molecular weight is 307 g/mol. The van der Waals surface area contributed by atoms with E-state index >= 15 is 0 Å². The van der Waals surface area contributed by atoms with Gasteiger partial charge in [-0.2, -0.15) is 0 Å². The van der Waals surface area contributed by atoms with Gasteiger partial charge in [-0.25, -0.2) is 0 Å². The highest BCUT2D eigenvalue weighted by Gasteiger charge is 2.12. The Balaban J connectivity index is 2.02. The number of carbonyl (C=O) groups excluding carboxylic acids is 1. The second-order valence-corrected chi connectivity index (χ2v) is 6.48. The summed E-state index contributed by atoms with van der Waals surface area (Å²) in [6.07, 6.45) is 0. The van der Waals surface area contributed by atoms with Crippen molar-refractivity contribution in [1.29, 1.82) is 0 Å². The molecule has 1 atom stereocenters. The van der Waals surface area contributed by atoms with Crippen LogP contribution in [0.3, 0.4) is 0 Å². The van der Waals surface area contributed by atoms with Gasteiger partial charge in [0.2, 0.25) is 0 Å². The van der Waals surface area contributed by atoms with E-state index in [2.05, 4.69) is 0 Å². The Morgan fingerprint density at radius 1 is 1.15 bits per heavy atom. The van der Waals surface area contributed by atoms with Gasteiger partial charge in [0.1, 0.15) is 0 Å². The van der Waals surface area contributed by atoms with E-state index in [-0.39, 0.29) is 11.5 Å². The number of ketones is 1. The van der Waals surface area contributed by atoms with Gasteiger partial charge in [0, 0.05) is 27.1 Å². The standard InChI is InChI=1S/C16H15ClO2S/c1-12-5-2-3-6-14(12)10-20(19)11-16(18)13-7-4-8-15(17)9-13/h2-9H,10-11H2,1H3. The SMILES string of the molecule is Cc1ccccc1CS(=O)CC(=O)c1cccc(Cl)c1. The van der Waals surface area contributed by atoms with Gasteiger partial charge < -0.3 is 0 Å². The van der Waals surface area contributed by atoms with Gasteiger partial charge in [-0.15, -0.1) is 0 Å². The number of halogens is 1. The number of carbonyl (C=O) groups is 1. The zero-order chi connectivity index (χ0) is 14.5. The second-order valence-electron chi connectivity index (χ2n) is 4.59. The molecule has 0 fully saturated rings. The number of aryl methyl sites for hydroxylation is 1. The molecule has 2 nitrogen and oxygen atoms in total. The van der Waals surface area contributed by atoms with Gasteiger partial charge in [0.25, 0.3) is 0 Å². The second kappa shape index (κ2) is 6.82. The van der Waals surface area contributed by atoms with Gasteiger partial charge in [0.05, 0.1) is 5.75 Å². The lowest BCUT2D eigenvalue weighted by Gasteiger charge is -2.05. The Hall–Kier alpha value is -1.45. The maximum absolute atomic E-state index is 12.1. The number of hydrogen-bond acceptors (Lipinski definition) is 2. The molecule has 0 aliphatic carbocycles. The Morgan fingerprint density at radius 2 is 1.90 bits per heavy atom. The van der Waals surface area contributed by atoms with Crippen LogP contribution in [-0.4, -0.2) is 15.7 Å². The van der Waals surface area contributed by atoms with E-state index in [0.29, 0.717) is 16.3 Å². The topological polar surface area (TPSA) is 34.1 Å². The Labute approximate surface area is 126 Å². The van der Waals surface area contributed by atoms with Gasteiger partial charge in [-0.3, -0.25) is 9.00 Å². The van der Waals surface area contributed by atoms with Gasteiger partial charge in [-0.05, 0) is 30.2 Å². The predicted octanol–water partition coefficient (Wildman–Crippen LogP) is 3.78. The van der Waals surface area contributed by atoms with Crippen molar-refractivity contribution in [2.24, 2.45) is 0 Å². The molecule has 0 N–H and O–H groups in total. The maximum atomic E-state index is 12.1. The normalized spacial score (nSPS) is 12.1. The van der Waals surface area contributed by atoms with Crippen LogP contribution >= 0.6 is 11.6 Å². The van der Waals surface area contributed by atoms with Crippen molar-refractivity contribution >= 4 is 28.2 Å². The fourth-order valence-electron chi connectivity index (χ4n) is 1.89. The third kappa shape index (κ3) is 4.02. The van der Waals surface area contributed by atoms with Crippen molar-refractivity contribution < 1.29 is 9.00 Å². The summed E-state index contributed by atoms with van der Waals surface area (Å²) in [6, 6.07) is 14.5. The van der Waals surface area contributed by atoms with Crippen LogP contribution in [0, 0.1) is 6.92 Å². The van der Waals surface area contributed by atoms with Crippen LogP contribution in [0.1, 0.15) is 21.5 Å². The van der Waals surface area contributed by atoms with Crippen LogP contribution in [0.25, 0.3) is 0 Å². The van der Waals surface area contributed by atoms with E-state index in [0.717, 1.165) is 11.1 Å². The lowest BCUT2D eigenvalue weighted by molar-refractivity contribution is 0.102. The molecule has 0 aliphatic rings. The van der Waals surface area contributed by atoms with E-state index in [9.17, 15) is 9.00 Å². The van der Waals surface area contributed by atoms with Gasteiger partial charge >= 0.3 is 0 Å². The van der Waals surface area contributed by atoms with E-state index in [1.54, 1.807) is 24.3 Å². The van der Waals surface area contributed by atoms with E-state index in [4.69, 9.17) is 11.6 Å². The van der Waals surface area contributed by atoms with Crippen LogP contribution in [0.4, 0.5) is 0 Å². The molecule has 0 aliphatic heterocycles. The van der Waals surface area contributed by atoms with Crippen LogP contribution in [0.2, 0.25) is 5.02 Å². The number of Topliss-reactive ketones (excluding diaryl/α,β-unsaturated/α-hetero) is 1. The van der Waals surface area contributed by atoms with Crippen molar-refractivity contribution in [1.82, 2.24) is 0 Å². The molecule has 104 valence electrons. The summed E-state index contributed by atoms with van der Waals surface area (Å²) in [4.78, 5) is 12.0. The summed E-state index contributed by atoms with van der Waals surface area (Å²) in [6.45, 7) is 1.98. The predicted molar refractivity (Wildman–Crippen MR) is 83.7 cm³/mol. The van der Waals surface area contributed by atoms with Crippen molar-refractivity contribution in [2.45, 2.75) is 12.7 Å². The van der Waals surface area contributed by atoms with E-state index in [1.165, 1.54) is 0 Å². The summed E-state index contributed by atoms with van der Waals surface area (Å²) in [5.74, 6) is 0.285. The maximum Gasteiger partial charge on any atom is 0.175 e. The third-order valence-electron chi connectivity index (χ3n) is 3.02. The number of rotatable bonds is 5. The molecule has 20 heavy (non-hydrogen) atoms. The Morgan fingerprint density at radius 3 is 2.60 bits per heavy atom. The highest BCUT2D eigenvalue weighted by molar-refractivity contribution is 7.85. The first-order valence-electron chi connectivity index (χ1n) is 6.24. The summed E-state index contributed by atoms with van der Waals surface area (Å²) in [5.41, 5.74) is 2.62. The minimum atomic E-state index is -1.21. The first-order chi connectivity index (χ1) is 9.56. The van der Waals surface area contributed by atoms with Crippen molar-refractivity contribution in [3.63, 3.8) is 0 Å². The zero-order valence-electron chi connectivity index (χ0n) is 11.1. The van der Waals surface area contributed by atoms with Crippen molar-refractivity contribution in [3.05, 3.63) is 70.2 Å². The van der Waals surface area contributed by atoms with Crippen molar-refractivity contribution in [2.75, 3.05) is 5.75 Å². The minimum Gasteiger partial charge on any atom is -0.293 e. The van der Waals surface area contributed by atoms with Crippen LogP contribution in [-0.2, 0) is 16.6 Å². The summed E-state index contributed by atoms with van der Waals surface area (Å²) in [5, 5.41) is 0.514. The first-order valence-corrected chi connectivity index (χ1v) is 8.11. The van der Waals surface area contributed by atoms with Crippen LogP contribution < -0.4 is 0 Å². The molecule has 2 aromatic rings. The molecule has 1 unspecified atom stereocenters. The highest BCUT2D eigenvalue weighted by Crippen LogP contribution is 2.13.